The number of aromatic nitrogens is 1. The summed E-state index contributed by atoms with van der Waals surface area (Å²) in [6.07, 6.45) is 3.25. The van der Waals surface area contributed by atoms with Gasteiger partial charge in [0.25, 0.3) is 0 Å². The lowest BCUT2D eigenvalue weighted by molar-refractivity contribution is -0.123. The van der Waals surface area contributed by atoms with Crippen molar-refractivity contribution in [3.05, 3.63) is 75.8 Å². The van der Waals surface area contributed by atoms with Gasteiger partial charge in [0.1, 0.15) is 17.4 Å². The Balaban J connectivity index is 1.13. The van der Waals surface area contributed by atoms with Crippen molar-refractivity contribution in [2.75, 3.05) is 31.6 Å². The largest absolute Gasteiger partial charge is 0.494 e. The third-order valence-corrected chi connectivity index (χ3v) is 8.45. The monoisotopic (exact) mass is 568 g/mol. The normalized spacial score (nSPS) is 18.8. The number of thiazole rings is 1. The van der Waals surface area contributed by atoms with Gasteiger partial charge in [-0.1, -0.05) is 18.2 Å². The first-order valence-electron chi connectivity index (χ1n) is 13.8. The number of aryl methyl sites for hydroxylation is 1. The second-order valence-electron chi connectivity index (χ2n) is 10.5. The summed E-state index contributed by atoms with van der Waals surface area (Å²) in [5, 5.41) is 6.31. The van der Waals surface area contributed by atoms with Gasteiger partial charge < -0.3 is 15.4 Å². The molecule has 2 atom stereocenters. The zero-order chi connectivity index (χ0) is 28.1. The molecule has 2 heterocycles. The van der Waals surface area contributed by atoms with Crippen molar-refractivity contribution in [2.45, 2.75) is 51.5 Å². The van der Waals surface area contributed by atoms with Gasteiger partial charge in [-0.2, -0.15) is 0 Å². The van der Waals surface area contributed by atoms with Crippen LogP contribution in [0.4, 0.5) is 13.9 Å². The van der Waals surface area contributed by atoms with E-state index in [0.29, 0.717) is 30.6 Å². The second-order valence-corrected chi connectivity index (χ2v) is 11.5. The highest BCUT2D eigenvalue weighted by Gasteiger charge is 2.31. The van der Waals surface area contributed by atoms with E-state index in [2.05, 4.69) is 26.6 Å². The molecule has 1 fully saturated rings. The zero-order valence-electron chi connectivity index (χ0n) is 22.6. The number of halogens is 2. The van der Waals surface area contributed by atoms with Crippen molar-refractivity contribution in [1.29, 1.82) is 0 Å². The third kappa shape index (κ3) is 7.03. The Morgan fingerprint density at radius 2 is 1.95 bits per heavy atom. The molecule has 2 aromatic carbocycles. The number of anilines is 1. The summed E-state index contributed by atoms with van der Waals surface area (Å²) in [6.45, 7) is 5.96. The number of hydrogen-bond acceptors (Lipinski definition) is 6. The summed E-state index contributed by atoms with van der Waals surface area (Å²) in [5.74, 6) is -0.928. The third-order valence-electron chi connectivity index (χ3n) is 7.41. The molecule has 3 aromatic rings. The first kappa shape index (κ1) is 28.2. The first-order chi connectivity index (χ1) is 19.4. The molecule has 1 aliphatic heterocycles. The minimum atomic E-state index is -0.724. The Labute approximate surface area is 236 Å². The van der Waals surface area contributed by atoms with Crippen LogP contribution in [0.2, 0.25) is 0 Å². The van der Waals surface area contributed by atoms with E-state index in [1.165, 1.54) is 16.9 Å². The molecule has 2 aliphatic rings. The van der Waals surface area contributed by atoms with Crippen LogP contribution >= 0.6 is 11.3 Å². The smallest absolute Gasteiger partial charge is 0.230 e. The highest BCUT2D eigenvalue weighted by molar-refractivity contribution is 7.15. The van der Waals surface area contributed by atoms with E-state index in [9.17, 15) is 18.4 Å². The fraction of sp³-hybridized carbons (Fsp3) is 0.433. The molecule has 212 valence electrons. The van der Waals surface area contributed by atoms with Crippen molar-refractivity contribution in [3.8, 4) is 5.75 Å². The fourth-order valence-corrected chi connectivity index (χ4v) is 6.63. The van der Waals surface area contributed by atoms with Gasteiger partial charge in [0.05, 0.1) is 24.6 Å². The number of nitrogens with one attached hydrogen (secondary N) is 2. The number of carbonyl (C=O) groups excluding carboxylic acids is 2. The molecule has 2 unspecified atom stereocenters. The number of fused-ring (bicyclic) bond motifs is 1. The number of rotatable bonds is 10. The van der Waals surface area contributed by atoms with E-state index in [0.717, 1.165) is 73.4 Å². The van der Waals surface area contributed by atoms with Gasteiger partial charge in [0.2, 0.25) is 11.8 Å². The molecule has 1 saturated heterocycles. The Morgan fingerprint density at radius 3 is 2.75 bits per heavy atom. The van der Waals surface area contributed by atoms with E-state index in [1.54, 1.807) is 0 Å². The second kappa shape index (κ2) is 12.9. The molecular formula is C30H34F2N4O3S. The highest BCUT2D eigenvalue weighted by Crippen LogP contribution is 2.37. The number of likely N-dealkylation sites (tertiary alicyclic amines) is 1. The van der Waals surface area contributed by atoms with Crippen molar-refractivity contribution >= 4 is 28.3 Å². The number of para-hydroxylation sites is 1. The molecule has 0 saturated carbocycles. The fourth-order valence-electron chi connectivity index (χ4n) is 5.55. The average molecular weight is 569 g/mol. The first-order valence-corrected chi connectivity index (χ1v) is 14.6. The molecule has 0 radical (unpaired) electrons. The van der Waals surface area contributed by atoms with Crippen LogP contribution in [0.15, 0.2) is 42.5 Å². The van der Waals surface area contributed by atoms with Crippen molar-refractivity contribution < 1.29 is 23.1 Å². The standard InChI is InChI=1S/C30H34F2N4O3S/c1-2-39-25-8-4-3-6-21(25)18-36-11-10-19(17-36)16-33-29(38)24-7-5-9-26-28(24)35-30(40-26)34-27(37)14-20-12-22(31)15-23(32)13-20/h3-4,6,8,12-13,15,19,24H,2,5,7,9-11,14,16-18H2,1H3,(H,33,38)(H,34,35,37). The van der Waals surface area contributed by atoms with Crippen molar-refractivity contribution in [2.24, 2.45) is 5.92 Å². The molecule has 5 rings (SSSR count). The lowest BCUT2D eigenvalue weighted by Crippen LogP contribution is -2.35. The summed E-state index contributed by atoms with van der Waals surface area (Å²) < 4.78 is 32.7. The maximum atomic E-state index is 13.5. The van der Waals surface area contributed by atoms with Crippen LogP contribution in [-0.4, -0.2) is 47.9 Å². The van der Waals surface area contributed by atoms with Crippen molar-refractivity contribution in [1.82, 2.24) is 15.2 Å². The number of carbonyl (C=O) groups is 2. The Bertz CT molecular complexity index is 1340. The Kier molecular flexibility index (Phi) is 9.06. The van der Waals surface area contributed by atoms with Crippen LogP contribution in [0.5, 0.6) is 5.75 Å². The van der Waals surface area contributed by atoms with E-state index in [-0.39, 0.29) is 23.8 Å². The minimum Gasteiger partial charge on any atom is -0.494 e. The quantitative estimate of drug-likeness (QED) is 0.357. The summed E-state index contributed by atoms with van der Waals surface area (Å²) in [4.78, 5) is 33.7. The predicted octanol–water partition coefficient (Wildman–Crippen LogP) is 5.06. The average Bonchev–Trinajstić information content (AvgIpc) is 3.54. The molecule has 1 aromatic heterocycles. The number of benzene rings is 2. The topological polar surface area (TPSA) is 83.6 Å². The molecule has 1 aliphatic carbocycles. The number of nitrogens with zero attached hydrogens (tertiary/aromatic N) is 2. The van der Waals surface area contributed by atoms with Gasteiger partial charge in [-0.25, -0.2) is 13.8 Å². The molecule has 7 nitrogen and oxygen atoms in total. The van der Waals surface area contributed by atoms with Crippen LogP contribution in [-0.2, 0) is 29.0 Å². The summed E-state index contributed by atoms with van der Waals surface area (Å²) >= 11 is 1.36. The van der Waals surface area contributed by atoms with E-state index in [1.807, 2.05) is 25.1 Å². The molecule has 0 bridgehead atoms. The molecule has 0 spiro atoms. The maximum absolute atomic E-state index is 13.5. The van der Waals surface area contributed by atoms with Crippen LogP contribution in [0.25, 0.3) is 0 Å². The van der Waals surface area contributed by atoms with Crippen LogP contribution in [0.3, 0.4) is 0 Å². The van der Waals surface area contributed by atoms with Crippen LogP contribution in [0.1, 0.15) is 53.8 Å². The van der Waals surface area contributed by atoms with Crippen molar-refractivity contribution in [3.63, 3.8) is 0 Å². The van der Waals surface area contributed by atoms with Gasteiger partial charge in [0.15, 0.2) is 5.13 Å². The number of hydrogen-bond donors (Lipinski definition) is 2. The highest BCUT2D eigenvalue weighted by atomic mass is 32.1. The van der Waals surface area contributed by atoms with Crippen LogP contribution < -0.4 is 15.4 Å². The molecule has 2 N–H and O–H groups in total. The predicted molar refractivity (Wildman–Crippen MR) is 150 cm³/mol. The van der Waals surface area contributed by atoms with E-state index >= 15 is 0 Å². The molecule has 10 heteroatoms. The van der Waals surface area contributed by atoms with Gasteiger partial charge >= 0.3 is 0 Å². The minimum absolute atomic E-state index is 0.0282. The number of amides is 2. The molecule has 2 amide bonds. The maximum Gasteiger partial charge on any atom is 0.230 e. The molecule has 40 heavy (non-hydrogen) atoms. The molecular weight excluding hydrogens is 534 g/mol. The summed E-state index contributed by atoms with van der Waals surface area (Å²) in [6, 6.07) is 11.2. The summed E-state index contributed by atoms with van der Waals surface area (Å²) in [5.41, 5.74) is 2.15. The van der Waals surface area contributed by atoms with Gasteiger partial charge in [-0.05, 0) is 68.8 Å². The number of ether oxygens (including phenoxy) is 1. The van der Waals surface area contributed by atoms with Gasteiger partial charge in [-0.15, -0.1) is 11.3 Å². The summed E-state index contributed by atoms with van der Waals surface area (Å²) in [7, 11) is 0. The Hall–Kier alpha value is -3.37. The zero-order valence-corrected chi connectivity index (χ0v) is 23.4. The Morgan fingerprint density at radius 1 is 1.15 bits per heavy atom. The van der Waals surface area contributed by atoms with Gasteiger partial charge in [-0.3, -0.25) is 14.5 Å². The lowest BCUT2D eigenvalue weighted by Gasteiger charge is -2.22. The van der Waals surface area contributed by atoms with Crippen LogP contribution in [0, 0.1) is 17.6 Å². The van der Waals surface area contributed by atoms with Gasteiger partial charge in [0, 0.05) is 36.1 Å². The van der Waals surface area contributed by atoms with E-state index in [4.69, 9.17) is 4.74 Å². The lowest BCUT2D eigenvalue weighted by atomic mass is 9.90. The van der Waals surface area contributed by atoms with E-state index < -0.39 is 17.5 Å². The SMILES string of the molecule is CCOc1ccccc1CN1CCC(CNC(=O)C2CCCc3sc(NC(=O)Cc4cc(F)cc(F)c4)nc32)C1.